The molecule has 0 saturated carbocycles. The second kappa shape index (κ2) is 5.81. The Morgan fingerprint density at radius 1 is 1.35 bits per heavy atom. The first-order valence-electron chi connectivity index (χ1n) is 6.79. The number of anilines is 1. The molecule has 0 aliphatic carbocycles. The summed E-state index contributed by atoms with van der Waals surface area (Å²) >= 11 is 0. The lowest BCUT2D eigenvalue weighted by Gasteiger charge is -2.38. The van der Waals surface area contributed by atoms with Crippen LogP contribution in [0.5, 0.6) is 0 Å². The van der Waals surface area contributed by atoms with Gasteiger partial charge in [-0.3, -0.25) is 4.90 Å². The van der Waals surface area contributed by atoms with Gasteiger partial charge in [0.05, 0.1) is 19.3 Å². The molecule has 2 N–H and O–H groups in total. The summed E-state index contributed by atoms with van der Waals surface area (Å²) in [5.41, 5.74) is 6.91. The summed E-state index contributed by atoms with van der Waals surface area (Å²) in [6.45, 7) is 7.14. The zero-order valence-electron chi connectivity index (χ0n) is 12.3. The Hall–Kier alpha value is -1.59. The van der Waals surface area contributed by atoms with E-state index in [2.05, 4.69) is 0 Å². The van der Waals surface area contributed by atoms with Crippen LogP contribution in [0.1, 0.15) is 26.3 Å². The molecule has 5 nitrogen and oxygen atoms in total. The van der Waals surface area contributed by atoms with Crippen LogP contribution in [0.15, 0.2) is 24.3 Å². The molecule has 1 heterocycles. The number of hydrogen-bond donors (Lipinski definition) is 1. The molecule has 1 fully saturated rings. The van der Waals surface area contributed by atoms with Crippen LogP contribution in [0.25, 0.3) is 0 Å². The molecular formula is C15H22N2O3. The second-order valence-electron chi connectivity index (χ2n) is 5.91. The van der Waals surface area contributed by atoms with E-state index in [0.717, 1.165) is 11.3 Å². The van der Waals surface area contributed by atoms with Gasteiger partial charge in [0.15, 0.2) is 0 Å². The highest BCUT2D eigenvalue weighted by atomic mass is 16.6. The Kier molecular flexibility index (Phi) is 4.30. The SMILES string of the molecule is CC(C)(C)OC(=O)N(c1ccc(CN)cc1)C1COC1. The lowest BCUT2D eigenvalue weighted by Crippen LogP contribution is -2.53. The van der Waals surface area contributed by atoms with Crippen LogP contribution < -0.4 is 10.6 Å². The average molecular weight is 278 g/mol. The molecule has 5 heteroatoms. The molecule has 1 aliphatic rings. The zero-order chi connectivity index (χ0) is 14.8. The minimum Gasteiger partial charge on any atom is -0.443 e. The Balaban J connectivity index is 2.20. The Labute approximate surface area is 119 Å². The standard InChI is InChI=1S/C15H22N2O3/c1-15(2,3)20-14(18)17(13-9-19-10-13)12-6-4-11(8-16)5-7-12/h4-7,13H,8-10,16H2,1-3H3. The van der Waals surface area contributed by atoms with Crippen LogP contribution in [0, 0.1) is 0 Å². The van der Waals surface area contributed by atoms with E-state index >= 15 is 0 Å². The first-order chi connectivity index (χ1) is 9.40. The number of amides is 1. The number of hydrogen-bond acceptors (Lipinski definition) is 4. The number of carbonyl (C=O) groups excluding carboxylic acids is 1. The molecule has 0 radical (unpaired) electrons. The predicted molar refractivity (Wildman–Crippen MR) is 77.7 cm³/mol. The smallest absolute Gasteiger partial charge is 0.415 e. The summed E-state index contributed by atoms with van der Waals surface area (Å²) in [5, 5.41) is 0. The highest BCUT2D eigenvalue weighted by Gasteiger charge is 2.34. The molecule has 0 unspecified atom stereocenters. The molecule has 1 aromatic rings. The van der Waals surface area contributed by atoms with E-state index < -0.39 is 5.60 Å². The van der Waals surface area contributed by atoms with Crippen molar-refractivity contribution in [3.63, 3.8) is 0 Å². The van der Waals surface area contributed by atoms with Gasteiger partial charge in [0, 0.05) is 12.2 Å². The molecule has 0 bridgehead atoms. The number of benzene rings is 1. The topological polar surface area (TPSA) is 64.8 Å². The molecule has 1 aromatic carbocycles. The third-order valence-corrected chi connectivity index (χ3v) is 3.03. The van der Waals surface area contributed by atoms with Crippen LogP contribution in [0.3, 0.4) is 0 Å². The average Bonchev–Trinajstić information content (AvgIpc) is 2.31. The quantitative estimate of drug-likeness (QED) is 0.921. The van der Waals surface area contributed by atoms with Gasteiger partial charge in [-0.05, 0) is 38.5 Å². The maximum Gasteiger partial charge on any atom is 0.415 e. The van der Waals surface area contributed by atoms with Crippen LogP contribution in [-0.2, 0) is 16.0 Å². The van der Waals surface area contributed by atoms with Crippen LogP contribution in [0.4, 0.5) is 10.5 Å². The molecule has 0 atom stereocenters. The molecule has 0 aromatic heterocycles. The molecular weight excluding hydrogens is 256 g/mol. The minimum absolute atomic E-state index is 0.0357. The minimum atomic E-state index is -0.517. The molecule has 0 spiro atoms. The normalized spacial score (nSPS) is 15.6. The number of nitrogens with two attached hydrogens (primary N) is 1. The van der Waals surface area contributed by atoms with E-state index in [1.807, 2.05) is 45.0 Å². The lowest BCUT2D eigenvalue weighted by molar-refractivity contribution is -0.000362. The van der Waals surface area contributed by atoms with Gasteiger partial charge in [0.25, 0.3) is 0 Å². The van der Waals surface area contributed by atoms with Crippen molar-refractivity contribution in [2.75, 3.05) is 18.1 Å². The van der Waals surface area contributed by atoms with Gasteiger partial charge in [0.1, 0.15) is 5.60 Å². The third kappa shape index (κ3) is 3.49. The fraction of sp³-hybridized carbons (Fsp3) is 0.533. The summed E-state index contributed by atoms with van der Waals surface area (Å²) in [6, 6.07) is 7.67. The highest BCUT2D eigenvalue weighted by molar-refractivity contribution is 5.88. The monoisotopic (exact) mass is 278 g/mol. The van der Waals surface area contributed by atoms with Crippen LogP contribution in [0.2, 0.25) is 0 Å². The van der Waals surface area contributed by atoms with Gasteiger partial charge in [0.2, 0.25) is 0 Å². The van der Waals surface area contributed by atoms with Crippen molar-refractivity contribution in [3.05, 3.63) is 29.8 Å². The maximum absolute atomic E-state index is 12.4. The number of nitrogens with zero attached hydrogens (tertiary/aromatic N) is 1. The number of carbonyl (C=O) groups is 1. The molecule has 20 heavy (non-hydrogen) atoms. The highest BCUT2D eigenvalue weighted by Crippen LogP contribution is 2.24. The second-order valence-corrected chi connectivity index (χ2v) is 5.91. The van der Waals surface area contributed by atoms with Crippen molar-refractivity contribution in [1.29, 1.82) is 0 Å². The molecule has 110 valence electrons. The van der Waals surface area contributed by atoms with Crippen molar-refractivity contribution < 1.29 is 14.3 Å². The molecule has 1 saturated heterocycles. The van der Waals surface area contributed by atoms with E-state index in [1.165, 1.54) is 0 Å². The van der Waals surface area contributed by atoms with Gasteiger partial charge >= 0.3 is 6.09 Å². The predicted octanol–water partition coefficient (Wildman–Crippen LogP) is 2.29. The Morgan fingerprint density at radius 2 is 1.95 bits per heavy atom. The summed E-state index contributed by atoms with van der Waals surface area (Å²) in [5.74, 6) is 0. The van der Waals surface area contributed by atoms with E-state index in [0.29, 0.717) is 19.8 Å². The van der Waals surface area contributed by atoms with E-state index in [-0.39, 0.29) is 12.1 Å². The van der Waals surface area contributed by atoms with Crippen molar-refractivity contribution in [3.8, 4) is 0 Å². The van der Waals surface area contributed by atoms with E-state index in [9.17, 15) is 4.79 Å². The third-order valence-electron chi connectivity index (χ3n) is 3.03. The fourth-order valence-corrected chi connectivity index (χ4v) is 1.94. The largest absolute Gasteiger partial charge is 0.443 e. The zero-order valence-corrected chi connectivity index (χ0v) is 12.3. The fourth-order valence-electron chi connectivity index (χ4n) is 1.94. The molecule has 1 amide bonds. The van der Waals surface area contributed by atoms with E-state index in [4.69, 9.17) is 15.2 Å². The van der Waals surface area contributed by atoms with Crippen molar-refractivity contribution in [2.45, 2.75) is 39.0 Å². The van der Waals surface area contributed by atoms with Crippen molar-refractivity contribution >= 4 is 11.8 Å². The lowest BCUT2D eigenvalue weighted by atomic mass is 10.1. The molecule has 2 rings (SSSR count). The number of rotatable bonds is 3. The van der Waals surface area contributed by atoms with Gasteiger partial charge in [-0.25, -0.2) is 4.79 Å². The summed E-state index contributed by atoms with van der Waals surface area (Å²) in [7, 11) is 0. The van der Waals surface area contributed by atoms with Gasteiger partial charge in [-0.2, -0.15) is 0 Å². The Bertz CT molecular complexity index is 461. The number of ether oxygens (including phenoxy) is 2. The van der Waals surface area contributed by atoms with E-state index in [1.54, 1.807) is 4.90 Å². The first kappa shape index (κ1) is 14.8. The summed E-state index contributed by atoms with van der Waals surface area (Å²) in [6.07, 6.45) is -0.341. The first-order valence-corrected chi connectivity index (χ1v) is 6.79. The Morgan fingerprint density at radius 3 is 2.35 bits per heavy atom. The van der Waals surface area contributed by atoms with Crippen molar-refractivity contribution in [2.24, 2.45) is 5.73 Å². The van der Waals surface area contributed by atoms with Crippen LogP contribution in [-0.4, -0.2) is 30.9 Å². The van der Waals surface area contributed by atoms with Gasteiger partial charge in [-0.15, -0.1) is 0 Å². The van der Waals surface area contributed by atoms with Gasteiger partial charge in [-0.1, -0.05) is 12.1 Å². The van der Waals surface area contributed by atoms with Crippen molar-refractivity contribution in [1.82, 2.24) is 0 Å². The maximum atomic E-state index is 12.4. The van der Waals surface area contributed by atoms with Crippen LogP contribution >= 0.6 is 0 Å². The summed E-state index contributed by atoms with van der Waals surface area (Å²) < 4.78 is 10.7. The molecule has 1 aliphatic heterocycles. The summed E-state index contributed by atoms with van der Waals surface area (Å²) in [4.78, 5) is 14.0. The van der Waals surface area contributed by atoms with Gasteiger partial charge < -0.3 is 15.2 Å².